The second kappa shape index (κ2) is 9.41. The molecule has 150 valence electrons. The molecule has 0 spiro atoms. The maximum Gasteiger partial charge on any atom is 0.251 e. The third-order valence-electron chi connectivity index (χ3n) is 4.90. The summed E-state index contributed by atoms with van der Waals surface area (Å²) < 4.78 is 1.03. The van der Waals surface area contributed by atoms with E-state index in [9.17, 15) is 4.79 Å². The van der Waals surface area contributed by atoms with Gasteiger partial charge >= 0.3 is 0 Å². The molecule has 0 atom stereocenters. The molecule has 0 unspecified atom stereocenters. The van der Waals surface area contributed by atoms with Crippen molar-refractivity contribution in [3.63, 3.8) is 0 Å². The summed E-state index contributed by atoms with van der Waals surface area (Å²) >= 11 is 3.31. The van der Waals surface area contributed by atoms with Gasteiger partial charge in [0.25, 0.3) is 5.91 Å². The van der Waals surface area contributed by atoms with E-state index in [1.165, 1.54) is 12.8 Å². The summed E-state index contributed by atoms with van der Waals surface area (Å²) in [6.45, 7) is 4.63. The van der Waals surface area contributed by atoms with Gasteiger partial charge in [-0.25, -0.2) is 9.97 Å². The molecule has 4 rings (SSSR count). The van der Waals surface area contributed by atoms with Crippen LogP contribution in [0.5, 0.6) is 0 Å². The number of hydrogen-bond acceptors (Lipinski definition) is 6. The van der Waals surface area contributed by atoms with Gasteiger partial charge in [0.05, 0.1) is 0 Å². The number of anilines is 1. The molecule has 1 saturated heterocycles. The summed E-state index contributed by atoms with van der Waals surface area (Å²) in [6.07, 6.45) is 4.33. The van der Waals surface area contributed by atoms with E-state index in [-0.39, 0.29) is 5.91 Å². The zero-order chi connectivity index (χ0) is 20.1. The fourth-order valence-corrected chi connectivity index (χ4v) is 5.19. The second-order valence-corrected chi connectivity index (χ2v) is 9.18. The molecule has 0 saturated carbocycles. The fraction of sp³-hybridized carbons (Fsp3) is 0.318. The van der Waals surface area contributed by atoms with Gasteiger partial charge in [-0.1, -0.05) is 36.0 Å². The number of aryl methyl sites for hydroxylation is 1. The first-order valence-electron chi connectivity index (χ1n) is 9.80. The van der Waals surface area contributed by atoms with Crippen molar-refractivity contribution in [1.29, 1.82) is 0 Å². The Kier molecular flexibility index (Phi) is 6.46. The highest BCUT2D eigenvalue weighted by Crippen LogP contribution is 2.27. The number of nitrogens with zero attached hydrogens (tertiary/aromatic N) is 3. The summed E-state index contributed by atoms with van der Waals surface area (Å²) in [6, 6.07) is 11.9. The van der Waals surface area contributed by atoms with Crippen LogP contribution in [0.4, 0.5) is 5.82 Å². The minimum atomic E-state index is -0.0554. The van der Waals surface area contributed by atoms with E-state index in [0.29, 0.717) is 6.54 Å². The van der Waals surface area contributed by atoms with Gasteiger partial charge in [-0.3, -0.25) is 4.79 Å². The predicted molar refractivity (Wildman–Crippen MR) is 120 cm³/mol. The van der Waals surface area contributed by atoms with Crippen molar-refractivity contribution in [3.05, 3.63) is 70.4 Å². The van der Waals surface area contributed by atoms with E-state index in [1.54, 1.807) is 23.1 Å². The highest BCUT2D eigenvalue weighted by atomic mass is 32.2. The lowest BCUT2D eigenvalue weighted by Crippen LogP contribution is -2.24. The van der Waals surface area contributed by atoms with Gasteiger partial charge in [0.15, 0.2) is 0 Å². The molecule has 1 aliphatic heterocycles. The van der Waals surface area contributed by atoms with Crippen LogP contribution in [0.3, 0.4) is 0 Å². The van der Waals surface area contributed by atoms with Gasteiger partial charge < -0.3 is 10.2 Å². The summed E-state index contributed by atoms with van der Waals surface area (Å²) in [7, 11) is 0. The van der Waals surface area contributed by atoms with E-state index >= 15 is 0 Å². The molecule has 1 amide bonds. The Morgan fingerprint density at radius 1 is 1.21 bits per heavy atom. The minimum Gasteiger partial charge on any atom is -0.357 e. The van der Waals surface area contributed by atoms with Crippen molar-refractivity contribution in [3.8, 4) is 0 Å². The lowest BCUT2D eigenvalue weighted by atomic mass is 10.1. The number of amides is 1. The average molecular weight is 425 g/mol. The maximum atomic E-state index is 12.8. The first-order valence-corrected chi connectivity index (χ1v) is 11.7. The molecule has 5 nitrogen and oxygen atoms in total. The number of thiazole rings is 1. The van der Waals surface area contributed by atoms with Crippen molar-refractivity contribution < 1.29 is 4.79 Å². The number of hydrogen-bond donors (Lipinski definition) is 1. The largest absolute Gasteiger partial charge is 0.357 e. The molecule has 7 heteroatoms. The van der Waals surface area contributed by atoms with Crippen LogP contribution >= 0.6 is 23.1 Å². The number of carbonyl (C=O) groups is 1. The Morgan fingerprint density at radius 2 is 2.03 bits per heavy atom. The molecule has 1 N–H and O–H groups in total. The van der Waals surface area contributed by atoms with Gasteiger partial charge in [-0.15, -0.1) is 11.3 Å². The predicted octanol–water partition coefficient (Wildman–Crippen LogP) is 4.67. The molecular formula is C22H24N4OS2. The van der Waals surface area contributed by atoms with Crippen molar-refractivity contribution in [2.24, 2.45) is 0 Å². The zero-order valence-corrected chi connectivity index (χ0v) is 18.1. The molecule has 0 bridgehead atoms. The van der Waals surface area contributed by atoms with E-state index in [0.717, 1.165) is 51.4 Å². The van der Waals surface area contributed by atoms with E-state index < -0.39 is 0 Å². The van der Waals surface area contributed by atoms with Crippen LogP contribution in [0.25, 0.3) is 0 Å². The Bertz CT molecular complexity index is 965. The van der Waals surface area contributed by atoms with Gasteiger partial charge in [0.2, 0.25) is 0 Å². The molecule has 0 radical (unpaired) electrons. The smallest absolute Gasteiger partial charge is 0.251 e. The number of nitrogens with one attached hydrogen (secondary N) is 1. The maximum absolute atomic E-state index is 12.8. The summed E-state index contributed by atoms with van der Waals surface area (Å²) in [5, 5.41) is 5.08. The molecule has 1 aromatic carbocycles. The number of thioether (sulfide) groups is 1. The lowest BCUT2D eigenvalue weighted by molar-refractivity contribution is 0.0950. The lowest BCUT2D eigenvalue weighted by Gasteiger charge is -2.16. The topological polar surface area (TPSA) is 58.1 Å². The number of carbonyl (C=O) groups excluding carboxylic acids is 1. The Balaban J connectivity index is 1.35. The second-order valence-electron chi connectivity index (χ2n) is 7.10. The number of pyridine rings is 1. The monoisotopic (exact) mass is 424 g/mol. The Labute approximate surface area is 179 Å². The van der Waals surface area contributed by atoms with Crippen LogP contribution in [0.1, 0.15) is 40.0 Å². The molecule has 29 heavy (non-hydrogen) atoms. The van der Waals surface area contributed by atoms with Crippen LogP contribution in [0.15, 0.2) is 52.3 Å². The standard InChI is InChI=1S/C22H24N4OS2/c1-16-14-28-22(25-16)29-15-18-6-2-3-7-19(18)21(27)24-13-17-8-9-20(23-12-17)26-10-4-5-11-26/h2-3,6-9,12,14H,4-5,10-11,13,15H2,1H3,(H,24,27). The molecule has 3 heterocycles. The van der Waals surface area contributed by atoms with Gasteiger partial charge in [0, 0.05) is 48.2 Å². The highest BCUT2D eigenvalue weighted by molar-refractivity contribution is 8.00. The van der Waals surface area contributed by atoms with Gasteiger partial charge in [-0.2, -0.15) is 0 Å². The molecule has 1 fully saturated rings. The molecule has 3 aromatic rings. The summed E-state index contributed by atoms with van der Waals surface area (Å²) in [4.78, 5) is 24.1. The van der Waals surface area contributed by atoms with Crippen LogP contribution in [0, 0.1) is 6.92 Å². The summed E-state index contributed by atoms with van der Waals surface area (Å²) in [5.74, 6) is 1.69. The number of rotatable bonds is 7. The molecule has 1 aliphatic rings. The third-order valence-corrected chi connectivity index (χ3v) is 7.09. The van der Waals surface area contributed by atoms with Crippen molar-refractivity contribution in [2.45, 2.75) is 36.4 Å². The van der Waals surface area contributed by atoms with E-state index in [4.69, 9.17) is 0 Å². The van der Waals surface area contributed by atoms with Gasteiger partial charge in [0.1, 0.15) is 10.2 Å². The Hall–Kier alpha value is -2.38. The van der Waals surface area contributed by atoms with Crippen molar-refractivity contribution in [1.82, 2.24) is 15.3 Å². The highest BCUT2D eigenvalue weighted by Gasteiger charge is 2.14. The van der Waals surface area contributed by atoms with Crippen LogP contribution < -0.4 is 10.2 Å². The first kappa shape index (κ1) is 19.9. The van der Waals surface area contributed by atoms with Crippen LogP contribution in [-0.4, -0.2) is 29.0 Å². The van der Waals surface area contributed by atoms with Crippen molar-refractivity contribution in [2.75, 3.05) is 18.0 Å². The SMILES string of the molecule is Cc1csc(SCc2ccccc2C(=O)NCc2ccc(N3CCCC3)nc2)n1. The summed E-state index contributed by atoms with van der Waals surface area (Å²) in [5.41, 5.74) is 3.78. The molecule has 2 aromatic heterocycles. The first-order chi connectivity index (χ1) is 14.2. The van der Waals surface area contributed by atoms with Crippen LogP contribution in [0.2, 0.25) is 0 Å². The van der Waals surface area contributed by atoms with Gasteiger partial charge in [-0.05, 0) is 43.0 Å². The van der Waals surface area contributed by atoms with Crippen molar-refractivity contribution >= 4 is 34.8 Å². The number of benzene rings is 1. The normalized spacial score (nSPS) is 13.6. The third kappa shape index (κ3) is 5.16. The van der Waals surface area contributed by atoms with E-state index in [2.05, 4.69) is 20.2 Å². The molecular weight excluding hydrogens is 400 g/mol. The van der Waals surface area contributed by atoms with E-state index in [1.807, 2.05) is 54.9 Å². The fourth-order valence-electron chi connectivity index (χ4n) is 3.34. The minimum absolute atomic E-state index is 0.0554. The quantitative estimate of drug-likeness (QED) is 0.559. The zero-order valence-electron chi connectivity index (χ0n) is 16.4. The number of aromatic nitrogens is 2. The van der Waals surface area contributed by atoms with Crippen LogP contribution in [-0.2, 0) is 12.3 Å². The average Bonchev–Trinajstić information content (AvgIpc) is 3.43. The Morgan fingerprint density at radius 3 is 2.76 bits per heavy atom. The molecule has 0 aliphatic carbocycles.